The van der Waals surface area contributed by atoms with E-state index in [1.165, 1.54) is 5.56 Å². The molecule has 128 valence electrons. The highest BCUT2D eigenvalue weighted by Crippen LogP contribution is 2.27. The van der Waals surface area contributed by atoms with Crippen LogP contribution in [0.2, 0.25) is 5.02 Å². The molecule has 0 bridgehead atoms. The van der Waals surface area contributed by atoms with Gasteiger partial charge in [0.1, 0.15) is 0 Å². The number of rotatable bonds is 5. The van der Waals surface area contributed by atoms with Gasteiger partial charge < -0.3 is 5.32 Å². The Kier molecular flexibility index (Phi) is 4.62. The van der Waals surface area contributed by atoms with Crippen molar-refractivity contribution in [1.29, 1.82) is 0 Å². The zero-order valence-corrected chi connectivity index (χ0v) is 14.6. The summed E-state index contributed by atoms with van der Waals surface area (Å²) in [5.74, 6) is 0.590. The van der Waals surface area contributed by atoms with Crippen LogP contribution in [0.4, 0.5) is 5.69 Å². The van der Waals surface area contributed by atoms with Crippen molar-refractivity contribution < 1.29 is 0 Å². The van der Waals surface area contributed by atoms with Gasteiger partial charge in [-0.15, -0.1) is 10.2 Å². The number of benzene rings is 3. The van der Waals surface area contributed by atoms with Gasteiger partial charge in [0.05, 0.1) is 0 Å². The fourth-order valence-electron chi connectivity index (χ4n) is 2.72. The van der Waals surface area contributed by atoms with Crippen LogP contribution in [-0.2, 0) is 6.54 Å². The summed E-state index contributed by atoms with van der Waals surface area (Å²) in [6.45, 7) is 0.740. The number of H-pyrrole nitrogens is 1. The van der Waals surface area contributed by atoms with E-state index in [0.717, 1.165) is 33.9 Å². The number of aromatic nitrogens is 4. The number of hydrogen-bond acceptors (Lipinski definition) is 4. The van der Waals surface area contributed by atoms with E-state index >= 15 is 0 Å². The molecule has 0 aliphatic rings. The molecule has 0 spiro atoms. The second kappa shape index (κ2) is 7.37. The summed E-state index contributed by atoms with van der Waals surface area (Å²) in [5, 5.41) is 18.1. The van der Waals surface area contributed by atoms with Gasteiger partial charge >= 0.3 is 0 Å². The number of nitrogens with zero attached hydrogens (tertiary/aromatic N) is 3. The Morgan fingerprint density at radius 2 is 1.58 bits per heavy atom. The van der Waals surface area contributed by atoms with E-state index in [1.807, 2.05) is 48.5 Å². The molecule has 26 heavy (non-hydrogen) atoms. The lowest BCUT2D eigenvalue weighted by molar-refractivity contribution is 0.881. The zero-order valence-electron chi connectivity index (χ0n) is 13.9. The Hall–Kier alpha value is -3.18. The van der Waals surface area contributed by atoms with E-state index in [9.17, 15) is 0 Å². The molecule has 0 saturated carbocycles. The number of halogens is 1. The molecule has 2 N–H and O–H groups in total. The van der Waals surface area contributed by atoms with Crippen LogP contribution in [0.5, 0.6) is 0 Å². The molecule has 0 saturated heterocycles. The molecule has 0 aliphatic carbocycles. The second-order valence-corrected chi connectivity index (χ2v) is 6.25. The van der Waals surface area contributed by atoms with E-state index in [1.54, 1.807) is 0 Å². The van der Waals surface area contributed by atoms with Crippen LogP contribution < -0.4 is 5.32 Å². The van der Waals surface area contributed by atoms with Gasteiger partial charge in [-0.25, -0.2) is 0 Å². The fourth-order valence-corrected chi connectivity index (χ4v) is 2.97. The first kappa shape index (κ1) is 16.3. The van der Waals surface area contributed by atoms with Crippen LogP contribution in [0.15, 0.2) is 72.8 Å². The summed E-state index contributed by atoms with van der Waals surface area (Å²) < 4.78 is 0. The minimum atomic E-state index is 0.590. The maximum atomic E-state index is 6.26. The number of anilines is 1. The van der Waals surface area contributed by atoms with Gasteiger partial charge in [-0.2, -0.15) is 5.21 Å². The van der Waals surface area contributed by atoms with Crippen LogP contribution in [-0.4, -0.2) is 20.6 Å². The molecule has 4 aromatic rings. The van der Waals surface area contributed by atoms with Crippen molar-refractivity contribution in [3.05, 3.63) is 83.4 Å². The average Bonchev–Trinajstić information content (AvgIpc) is 3.23. The third kappa shape index (κ3) is 3.58. The van der Waals surface area contributed by atoms with Crippen LogP contribution in [0.25, 0.3) is 22.5 Å². The standard InChI is InChI=1S/C20H16ClN5/c21-19-4-2-1-3-18(19)15-7-5-14(6-8-15)13-22-17-11-9-16(10-12-17)20-23-25-26-24-20/h1-12,22H,13H2,(H,23,24,25,26). The first-order valence-electron chi connectivity index (χ1n) is 8.21. The smallest absolute Gasteiger partial charge is 0.204 e. The first-order chi connectivity index (χ1) is 12.8. The second-order valence-electron chi connectivity index (χ2n) is 5.84. The van der Waals surface area contributed by atoms with Gasteiger partial charge in [-0.05, 0) is 46.7 Å². The minimum absolute atomic E-state index is 0.590. The summed E-state index contributed by atoms with van der Waals surface area (Å²) in [7, 11) is 0. The van der Waals surface area contributed by atoms with Crippen molar-refractivity contribution in [2.24, 2.45) is 0 Å². The van der Waals surface area contributed by atoms with Crippen molar-refractivity contribution in [2.45, 2.75) is 6.54 Å². The molecule has 0 unspecified atom stereocenters. The summed E-state index contributed by atoms with van der Waals surface area (Å²) in [6.07, 6.45) is 0. The highest BCUT2D eigenvalue weighted by molar-refractivity contribution is 6.33. The number of hydrogen-bond donors (Lipinski definition) is 2. The lowest BCUT2D eigenvalue weighted by Gasteiger charge is -2.09. The Bertz CT molecular complexity index is 980. The van der Waals surface area contributed by atoms with Gasteiger partial charge in [0, 0.05) is 28.4 Å². The van der Waals surface area contributed by atoms with Crippen molar-refractivity contribution in [3.8, 4) is 22.5 Å². The van der Waals surface area contributed by atoms with Crippen LogP contribution in [0.3, 0.4) is 0 Å². The van der Waals surface area contributed by atoms with Gasteiger partial charge in [0.2, 0.25) is 5.82 Å². The van der Waals surface area contributed by atoms with Crippen molar-refractivity contribution in [3.63, 3.8) is 0 Å². The van der Waals surface area contributed by atoms with Crippen LogP contribution >= 0.6 is 11.6 Å². The molecule has 1 heterocycles. The normalized spacial score (nSPS) is 10.7. The van der Waals surface area contributed by atoms with Gasteiger partial charge in [-0.3, -0.25) is 0 Å². The Morgan fingerprint density at radius 1 is 0.846 bits per heavy atom. The minimum Gasteiger partial charge on any atom is -0.381 e. The first-order valence-corrected chi connectivity index (χ1v) is 8.59. The predicted molar refractivity (Wildman–Crippen MR) is 104 cm³/mol. The van der Waals surface area contributed by atoms with E-state index < -0.39 is 0 Å². The number of tetrazole rings is 1. The topological polar surface area (TPSA) is 66.5 Å². The van der Waals surface area contributed by atoms with Crippen molar-refractivity contribution in [2.75, 3.05) is 5.32 Å². The lowest BCUT2D eigenvalue weighted by atomic mass is 10.0. The summed E-state index contributed by atoms with van der Waals surface area (Å²) in [6, 6.07) is 24.2. The number of nitrogens with one attached hydrogen (secondary N) is 2. The summed E-state index contributed by atoms with van der Waals surface area (Å²) in [4.78, 5) is 0. The van der Waals surface area contributed by atoms with Gasteiger partial charge in [0.25, 0.3) is 0 Å². The predicted octanol–water partition coefficient (Wildman–Crippen LogP) is 4.80. The maximum absolute atomic E-state index is 6.26. The molecule has 0 fully saturated rings. The molecule has 0 aliphatic heterocycles. The fraction of sp³-hybridized carbons (Fsp3) is 0.0500. The highest BCUT2D eigenvalue weighted by Gasteiger charge is 2.04. The highest BCUT2D eigenvalue weighted by atomic mass is 35.5. The molecule has 6 heteroatoms. The zero-order chi connectivity index (χ0) is 17.8. The number of aromatic amines is 1. The molecule has 5 nitrogen and oxygen atoms in total. The largest absolute Gasteiger partial charge is 0.381 e. The van der Waals surface area contributed by atoms with Crippen LogP contribution in [0.1, 0.15) is 5.56 Å². The lowest BCUT2D eigenvalue weighted by Crippen LogP contribution is -1.99. The molecule has 0 atom stereocenters. The molecule has 3 aromatic carbocycles. The van der Waals surface area contributed by atoms with Gasteiger partial charge in [-0.1, -0.05) is 54.1 Å². The third-order valence-electron chi connectivity index (χ3n) is 4.12. The summed E-state index contributed by atoms with van der Waals surface area (Å²) in [5.41, 5.74) is 5.32. The van der Waals surface area contributed by atoms with Crippen LogP contribution in [0, 0.1) is 0 Å². The maximum Gasteiger partial charge on any atom is 0.204 e. The van der Waals surface area contributed by atoms with Crippen molar-refractivity contribution in [1.82, 2.24) is 20.6 Å². The van der Waals surface area contributed by atoms with E-state index in [-0.39, 0.29) is 0 Å². The molecule has 4 rings (SSSR count). The molecular weight excluding hydrogens is 346 g/mol. The monoisotopic (exact) mass is 361 g/mol. The SMILES string of the molecule is Clc1ccccc1-c1ccc(CNc2ccc(-c3nn[nH]n3)cc2)cc1. The molecular formula is C20H16ClN5. The average molecular weight is 362 g/mol. The quantitative estimate of drug-likeness (QED) is 0.536. The Labute approximate surface area is 156 Å². The molecule has 0 amide bonds. The van der Waals surface area contributed by atoms with Crippen molar-refractivity contribution >= 4 is 17.3 Å². The van der Waals surface area contributed by atoms with E-state index in [4.69, 9.17) is 11.6 Å². The Morgan fingerprint density at radius 3 is 2.27 bits per heavy atom. The molecule has 0 radical (unpaired) electrons. The third-order valence-corrected chi connectivity index (χ3v) is 4.45. The van der Waals surface area contributed by atoms with Gasteiger partial charge in [0.15, 0.2) is 0 Å². The van der Waals surface area contributed by atoms with E-state index in [2.05, 4.69) is 50.2 Å². The molecule has 1 aromatic heterocycles. The summed E-state index contributed by atoms with van der Waals surface area (Å²) >= 11 is 6.26. The Balaban J connectivity index is 1.41. The van der Waals surface area contributed by atoms with E-state index in [0.29, 0.717) is 5.82 Å².